The number of aldehydes is 1. The fourth-order valence-electron chi connectivity index (χ4n) is 4.52. The molecular formula is C20H26N2O5. The van der Waals surface area contributed by atoms with Crippen molar-refractivity contribution in [1.29, 1.82) is 0 Å². The molecule has 3 rings (SSSR count). The van der Waals surface area contributed by atoms with Gasteiger partial charge in [0, 0.05) is 6.07 Å². The second-order valence-corrected chi connectivity index (χ2v) is 7.95. The van der Waals surface area contributed by atoms with E-state index in [0.29, 0.717) is 18.6 Å². The molecule has 0 spiro atoms. The molecule has 0 N–H and O–H groups in total. The highest BCUT2D eigenvalue weighted by atomic mass is 16.6. The van der Waals surface area contributed by atoms with Gasteiger partial charge in [-0.1, -0.05) is 0 Å². The normalized spacial score (nSPS) is 23.3. The second kappa shape index (κ2) is 7.76. The number of rotatable bonds is 6. The molecule has 0 bridgehead atoms. The van der Waals surface area contributed by atoms with Crippen LogP contribution in [-0.2, 0) is 16.0 Å². The minimum absolute atomic E-state index is 0.0142. The molecule has 1 aromatic rings. The van der Waals surface area contributed by atoms with Crippen LogP contribution in [0.3, 0.4) is 0 Å². The zero-order valence-corrected chi connectivity index (χ0v) is 16.0. The average Bonchev–Trinajstić information content (AvgIpc) is 2.98. The number of likely N-dealkylation sites (tertiary alicyclic amines) is 1. The number of nitro groups is 1. The SMILES string of the molecule is CC(C)Oc1cc2c(cc1[N+](=O)[O-])CC(C1CCN(C)CC1)C2C(=O)C=O. The summed E-state index contributed by atoms with van der Waals surface area (Å²) in [5.41, 5.74) is 1.43. The van der Waals surface area contributed by atoms with Crippen LogP contribution in [-0.4, -0.2) is 48.1 Å². The van der Waals surface area contributed by atoms with E-state index >= 15 is 0 Å². The third kappa shape index (κ3) is 3.88. The molecule has 0 aromatic heterocycles. The molecule has 1 saturated heterocycles. The number of hydrogen-bond acceptors (Lipinski definition) is 6. The number of nitro benzene ring substituents is 1. The first-order chi connectivity index (χ1) is 12.8. The molecule has 2 unspecified atom stereocenters. The summed E-state index contributed by atoms with van der Waals surface area (Å²) in [5, 5.41) is 11.5. The van der Waals surface area contributed by atoms with Gasteiger partial charge in [-0.3, -0.25) is 19.7 Å². The summed E-state index contributed by atoms with van der Waals surface area (Å²) in [5.74, 6) is -0.457. The molecule has 0 amide bonds. The molecule has 2 atom stereocenters. The third-order valence-corrected chi connectivity index (χ3v) is 5.79. The van der Waals surface area contributed by atoms with Crippen molar-refractivity contribution in [1.82, 2.24) is 4.90 Å². The molecule has 1 heterocycles. The predicted octanol–water partition coefficient (Wildman–Crippen LogP) is 2.75. The average molecular weight is 374 g/mol. The molecule has 2 aliphatic rings. The monoisotopic (exact) mass is 374 g/mol. The molecule has 0 saturated carbocycles. The van der Waals surface area contributed by atoms with Gasteiger partial charge in [-0.2, -0.15) is 0 Å². The maximum atomic E-state index is 12.5. The smallest absolute Gasteiger partial charge is 0.311 e. The van der Waals surface area contributed by atoms with Crippen molar-refractivity contribution < 1.29 is 19.2 Å². The Morgan fingerprint density at radius 2 is 2.00 bits per heavy atom. The van der Waals surface area contributed by atoms with E-state index in [0.717, 1.165) is 37.1 Å². The van der Waals surface area contributed by atoms with Crippen molar-refractivity contribution in [3.05, 3.63) is 33.4 Å². The Bertz CT molecular complexity index is 753. The maximum absolute atomic E-state index is 12.5. The van der Waals surface area contributed by atoms with Crippen LogP contribution < -0.4 is 4.74 Å². The number of ether oxygens (including phenoxy) is 1. The number of hydrogen-bond donors (Lipinski definition) is 0. The van der Waals surface area contributed by atoms with E-state index < -0.39 is 16.6 Å². The van der Waals surface area contributed by atoms with Crippen LogP contribution in [0.5, 0.6) is 5.75 Å². The predicted molar refractivity (Wildman–Crippen MR) is 100 cm³/mol. The minimum Gasteiger partial charge on any atom is -0.484 e. The van der Waals surface area contributed by atoms with Gasteiger partial charge in [0.2, 0.25) is 5.78 Å². The van der Waals surface area contributed by atoms with E-state index in [1.807, 2.05) is 0 Å². The highest BCUT2D eigenvalue weighted by Crippen LogP contribution is 2.48. The first-order valence-electron chi connectivity index (χ1n) is 9.47. The lowest BCUT2D eigenvalue weighted by Crippen LogP contribution is -2.36. The summed E-state index contributed by atoms with van der Waals surface area (Å²) in [4.78, 5) is 37.1. The van der Waals surface area contributed by atoms with Crippen molar-refractivity contribution in [2.45, 2.75) is 45.1 Å². The Hall–Kier alpha value is -2.28. The Kier molecular flexibility index (Phi) is 5.60. The number of ketones is 1. The third-order valence-electron chi connectivity index (χ3n) is 5.79. The molecule has 27 heavy (non-hydrogen) atoms. The minimum atomic E-state index is -0.527. The first-order valence-corrected chi connectivity index (χ1v) is 9.47. The van der Waals surface area contributed by atoms with Gasteiger partial charge in [0.05, 0.1) is 16.9 Å². The quantitative estimate of drug-likeness (QED) is 0.329. The summed E-state index contributed by atoms with van der Waals surface area (Å²) < 4.78 is 5.64. The van der Waals surface area contributed by atoms with Crippen LogP contribution in [0.15, 0.2) is 12.1 Å². The standard InChI is InChI=1S/C20H26N2O5/c1-12(2)27-19-10-16-14(9-17(19)22(25)26)8-15(20(16)18(24)11-23)13-4-6-21(3)7-5-13/h9-13,15,20H,4-8H2,1-3H3. The summed E-state index contributed by atoms with van der Waals surface area (Å²) in [6.07, 6.45) is 2.70. The fourth-order valence-corrected chi connectivity index (χ4v) is 4.52. The molecule has 1 aliphatic carbocycles. The van der Waals surface area contributed by atoms with E-state index in [9.17, 15) is 19.7 Å². The number of fused-ring (bicyclic) bond motifs is 1. The van der Waals surface area contributed by atoms with Gasteiger partial charge in [0.15, 0.2) is 12.0 Å². The summed E-state index contributed by atoms with van der Waals surface area (Å²) >= 11 is 0. The number of Topliss-reactive ketones (excluding diaryl/α,β-unsaturated/α-hetero) is 1. The Labute approximate surface area is 158 Å². The van der Waals surface area contributed by atoms with Crippen molar-refractivity contribution in [3.63, 3.8) is 0 Å². The largest absolute Gasteiger partial charge is 0.484 e. The lowest BCUT2D eigenvalue weighted by atomic mass is 9.76. The molecule has 0 radical (unpaired) electrons. The zero-order chi connectivity index (χ0) is 19.7. The fraction of sp³-hybridized carbons (Fsp3) is 0.600. The van der Waals surface area contributed by atoms with Gasteiger partial charge in [-0.15, -0.1) is 0 Å². The molecule has 146 valence electrons. The Morgan fingerprint density at radius 3 is 2.56 bits per heavy atom. The van der Waals surface area contributed by atoms with Gasteiger partial charge in [0.1, 0.15) is 0 Å². The number of piperidine rings is 1. The van der Waals surface area contributed by atoms with E-state index in [1.165, 1.54) is 6.07 Å². The van der Waals surface area contributed by atoms with Gasteiger partial charge in [-0.25, -0.2) is 0 Å². The molecule has 1 fully saturated rings. The number of benzene rings is 1. The summed E-state index contributed by atoms with van der Waals surface area (Å²) in [6, 6.07) is 3.15. The summed E-state index contributed by atoms with van der Waals surface area (Å²) in [6.45, 7) is 5.52. The van der Waals surface area contributed by atoms with Gasteiger partial charge in [-0.05, 0) is 82.3 Å². The van der Waals surface area contributed by atoms with Gasteiger partial charge in [0.25, 0.3) is 0 Å². The topological polar surface area (TPSA) is 89.8 Å². The second-order valence-electron chi connectivity index (χ2n) is 7.95. The van der Waals surface area contributed by atoms with E-state index in [1.54, 1.807) is 19.9 Å². The van der Waals surface area contributed by atoms with Crippen LogP contribution in [0.25, 0.3) is 0 Å². The molecular weight excluding hydrogens is 348 g/mol. The highest BCUT2D eigenvalue weighted by Gasteiger charge is 2.43. The van der Waals surface area contributed by atoms with Crippen molar-refractivity contribution >= 4 is 17.8 Å². The maximum Gasteiger partial charge on any atom is 0.311 e. The van der Waals surface area contributed by atoms with E-state index in [2.05, 4.69) is 11.9 Å². The Balaban J connectivity index is 2.01. The lowest BCUT2D eigenvalue weighted by molar-refractivity contribution is -0.386. The first kappa shape index (κ1) is 19.5. The molecule has 1 aliphatic heterocycles. The van der Waals surface area contributed by atoms with Gasteiger partial charge < -0.3 is 9.64 Å². The van der Waals surface area contributed by atoms with Crippen molar-refractivity contribution in [3.8, 4) is 5.75 Å². The molecule has 1 aromatic carbocycles. The van der Waals surface area contributed by atoms with Crippen molar-refractivity contribution in [2.24, 2.45) is 11.8 Å². The van der Waals surface area contributed by atoms with E-state index in [-0.39, 0.29) is 23.5 Å². The van der Waals surface area contributed by atoms with Crippen LogP contribution in [0.1, 0.15) is 43.7 Å². The summed E-state index contributed by atoms with van der Waals surface area (Å²) in [7, 11) is 2.08. The molecule has 7 heteroatoms. The van der Waals surface area contributed by atoms with Crippen LogP contribution in [0, 0.1) is 22.0 Å². The number of carbonyl (C=O) groups is 2. The zero-order valence-electron chi connectivity index (χ0n) is 16.0. The van der Waals surface area contributed by atoms with Gasteiger partial charge >= 0.3 is 5.69 Å². The highest BCUT2D eigenvalue weighted by molar-refractivity contribution is 6.28. The van der Waals surface area contributed by atoms with Crippen molar-refractivity contribution in [2.75, 3.05) is 20.1 Å². The Morgan fingerprint density at radius 1 is 1.33 bits per heavy atom. The number of carbonyl (C=O) groups excluding carboxylic acids is 2. The van der Waals surface area contributed by atoms with E-state index in [4.69, 9.17) is 4.74 Å². The number of nitrogens with zero attached hydrogens (tertiary/aromatic N) is 2. The lowest BCUT2D eigenvalue weighted by Gasteiger charge is -2.34. The molecule has 7 nitrogen and oxygen atoms in total. The van der Waals surface area contributed by atoms with Crippen LogP contribution >= 0.6 is 0 Å². The van der Waals surface area contributed by atoms with Crippen LogP contribution in [0.4, 0.5) is 5.69 Å². The van der Waals surface area contributed by atoms with Crippen LogP contribution in [0.2, 0.25) is 0 Å².